The minimum Gasteiger partial charge on any atom is -0.375 e. The normalized spacial score (nSPS) is 20.9. The van der Waals surface area contributed by atoms with Crippen LogP contribution < -0.4 is 5.32 Å². The molecule has 2 aliphatic heterocycles. The Hall–Kier alpha value is -0.870. The number of nitrogens with zero attached hydrogens (tertiary/aromatic N) is 2. The van der Waals surface area contributed by atoms with E-state index in [1.807, 2.05) is 0 Å². The fourth-order valence-corrected chi connectivity index (χ4v) is 2.11. The number of hydrogen-bond acceptors (Lipinski definition) is 3. The lowest BCUT2D eigenvalue weighted by atomic mass is 10.2. The third-order valence-corrected chi connectivity index (χ3v) is 2.75. The van der Waals surface area contributed by atoms with Crippen molar-refractivity contribution in [1.82, 2.24) is 14.9 Å². The van der Waals surface area contributed by atoms with Crippen LogP contribution in [0.4, 0.5) is 0 Å². The molecule has 0 aliphatic carbocycles. The Labute approximate surface area is 76.9 Å². The summed E-state index contributed by atoms with van der Waals surface area (Å²) in [5, 5.41) is 3.33. The minimum absolute atomic E-state index is 0.704. The van der Waals surface area contributed by atoms with Crippen molar-refractivity contribution in [2.45, 2.75) is 26.1 Å². The second kappa shape index (κ2) is 2.82. The summed E-state index contributed by atoms with van der Waals surface area (Å²) in [5.41, 5.74) is 2.56. The second-order valence-electron chi connectivity index (χ2n) is 3.55. The van der Waals surface area contributed by atoms with Crippen molar-refractivity contribution in [2.75, 3.05) is 13.2 Å². The summed E-state index contributed by atoms with van der Waals surface area (Å²) in [7, 11) is 0. The predicted octanol–water partition coefficient (Wildman–Crippen LogP) is 0.0590. The van der Waals surface area contributed by atoms with E-state index in [1.165, 1.54) is 11.5 Å². The van der Waals surface area contributed by atoms with Crippen LogP contribution in [0.3, 0.4) is 0 Å². The average molecular weight is 179 g/mol. The van der Waals surface area contributed by atoms with E-state index in [9.17, 15) is 0 Å². The van der Waals surface area contributed by atoms with Crippen LogP contribution in [-0.4, -0.2) is 22.7 Å². The number of imidazole rings is 1. The number of rotatable bonds is 0. The lowest BCUT2D eigenvalue weighted by Crippen LogP contribution is -2.29. The van der Waals surface area contributed by atoms with Crippen molar-refractivity contribution in [2.24, 2.45) is 0 Å². The number of aromatic nitrogens is 2. The number of hydrogen-bond donors (Lipinski definition) is 1. The monoisotopic (exact) mass is 179 g/mol. The van der Waals surface area contributed by atoms with Crippen LogP contribution >= 0.6 is 0 Å². The molecule has 4 heteroatoms. The highest BCUT2D eigenvalue weighted by Crippen LogP contribution is 2.19. The van der Waals surface area contributed by atoms with Gasteiger partial charge in [-0.2, -0.15) is 0 Å². The predicted molar refractivity (Wildman–Crippen MR) is 47.3 cm³/mol. The number of ether oxygens (including phenoxy) is 1. The van der Waals surface area contributed by atoms with E-state index in [1.54, 1.807) is 0 Å². The van der Waals surface area contributed by atoms with Crippen molar-refractivity contribution in [3.63, 3.8) is 0 Å². The Morgan fingerprint density at radius 2 is 2.46 bits per heavy atom. The Kier molecular flexibility index (Phi) is 1.63. The molecular formula is C9H13N3O. The molecule has 3 heterocycles. The van der Waals surface area contributed by atoms with Gasteiger partial charge < -0.3 is 14.6 Å². The molecule has 70 valence electrons. The maximum Gasteiger partial charge on any atom is 0.123 e. The molecule has 1 N–H and O–H groups in total. The molecule has 0 bridgehead atoms. The Bertz CT molecular complexity index is 301. The summed E-state index contributed by atoms with van der Waals surface area (Å²) < 4.78 is 7.73. The standard InChI is InChI=1S/C9H13N3O/c1-4-13-6-7-8(1)12-3-2-10-5-9(12)11-7/h10H,1-6H2. The third kappa shape index (κ3) is 1.09. The van der Waals surface area contributed by atoms with Gasteiger partial charge in [0.25, 0.3) is 0 Å². The fourth-order valence-electron chi connectivity index (χ4n) is 2.11. The van der Waals surface area contributed by atoms with Crippen LogP contribution in [0.2, 0.25) is 0 Å². The van der Waals surface area contributed by atoms with E-state index in [-0.39, 0.29) is 0 Å². The SMILES string of the molecule is C1Cn2c(nc3c2CCOC3)CN1. The highest BCUT2D eigenvalue weighted by Gasteiger charge is 2.21. The number of nitrogens with one attached hydrogen (secondary N) is 1. The summed E-state index contributed by atoms with van der Waals surface area (Å²) in [6.07, 6.45) is 1.03. The van der Waals surface area contributed by atoms with Gasteiger partial charge in [0.1, 0.15) is 5.82 Å². The molecule has 0 unspecified atom stereocenters. The van der Waals surface area contributed by atoms with Gasteiger partial charge in [0.05, 0.1) is 25.5 Å². The summed E-state index contributed by atoms with van der Waals surface area (Å²) in [4.78, 5) is 4.57. The molecule has 1 aromatic heterocycles. The van der Waals surface area contributed by atoms with E-state index in [0.29, 0.717) is 6.61 Å². The maximum atomic E-state index is 5.38. The molecule has 3 rings (SSSR count). The average Bonchev–Trinajstić information content (AvgIpc) is 2.56. The van der Waals surface area contributed by atoms with E-state index in [4.69, 9.17) is 4.74 Å². The second-order valence-corrected chi connectivity index (χ2v) is 3.55. The van der Waals surface area contributed by atoms with Crippen LogP contribution in [0.25, 0.3) is 0 Å². The smallest absolute Gasteiger partial charge is 0.123 e. The lowest BCUT2D eigenvalue weighted by Gasteiger charge is -2.19. The molecule has 0 spiro atoms. The molecule has 0 saturated heterocycles. The molecule has 0 atom stereocenters. The van der Waals surface area contributed by atoms with E-state index < -0.39 is 0 Å². The first-order valence-corrected chi connectivity index (χ1v) is 4.81. The zero-order valence-electron chi connectivity index (χ0n) is 7.55. The van der Waals surface area contributed by atoms with Crippen molar-refractivity contribution >= 4 is 0 Å². The summed E-state index contributed by atoms with van der Waals surface area (Å²) in [5.74, 6) is 1.18. The molecule has 1 aromatic rings. The van der Waals surface area contributed by atoms with Gasteiger partial charge in [-0.1, -0.05) is 0 Å². The van der Waals surface area contributed by atoms with Gasteiger partial charge >= 0.3 is 0 Å². The van der Waals surface area contributed by atoms with E-state index >= 15 is 0 Å². The molecule has 2 aliphatic rings. The van der Waals surface area contributed by atoms with Crippen molar-refractivity contribution in [3.8, 4) is 0 Å². The lowest BCUT2D eigenvalue weighted by molar-refractivity contribution is 0.106. The fraction of sp³-hybridized carbons (Fsp3) is 0.667. The van der Waals surface area contributed by atoms with Crippen molar-refractivity contribution in [1.29, 1.82) is 0 Å². The quantitative estimate of drug-likeness (QED) is 0.612. The Morgan fingerprint density at radius 1 is 1.46 bits per heavy atom. The topological polar surface area (TPSA) is 39.1 Å². The third-order valence-electron chi connectivity index (χ3n) is 2.75. The van der Waals surface area contributed by atoms with Gasteiger partial charge in [-0.3, -0.25) is 0 Å². The van der Waals surface area contributed by atoms with Crippen molar-refractivity contribution in [3.05, 3.63) is 17.2 Å². The molecule has 4 nitrogen and oxygen atoms in total. The van der Waals surface area contributed by atoms with Crippen LogP contribution in [0.15, 0.2) is 0 Å². The minimum atomic E-state index is 0.704. The highest BCUT2D eigenvalue weighted by atomic mass is 16.5. The molecular weight excluding hydrogens is 166 g/mol. The molecule has 0 fully saturated rings. The Morgan fingerprint density at radius 3 is 3.46 bits per heavy atom. The van der Waals surface area contributed by atoms with Crippen LogP contribution in [0.5, 0.6) is 0 Å². The van der Waals surface area contributed by atoms with E-state index in [2.05, 4.69) is 14.9 Å². The first kappa shape index (κ1) is 7.53. The molecule has 0 aromatic carbocycles. The van der Waals surface area contributed by atoms with Gasteiger partial charge in [0.15, 0.2) is 0 Å². The van der Waals surface area contributed by atoms with Gasteiger partial charge in [-0.15, -0.1) is 0 Å². The van der Waals surface area contributed by atoms with Crippen LogP contribution in [-0.2, 0) is 30.9 Å². The van der Waals surface area contributed by atoms with Crippen LogP contribution in [0.1, 0.15) is 17.2 Å². The van der Waals surface area contributed by atoms with Gasteiger partial charge in [0.2, 0.25) is 0 Å². The molecule has 0 saturated carbocycles. The zero-order chi connectivity index (χ0) is 8.67. The summed E-state index contributed by atoms with van der Waals surface area (Å²) in [6, 6.07) is 0. The maximum absolute atomic E-state index is 5.38. The zero-order valence-corrected chi connectivity index (χ0v) is 7.55. The first-order chi connectivity index (χ1) is 6.45. The molecule has 13 heavy (non-hydrogen) atoms. The largest absolute Gasteiger partial charge is 0.375 e. The molecule has 0 radical (unpaired) electrons. The van der Waals surface area contributed by atoms with Crippen LogP contribution in [0, 0.1) is 0 Å². The number of fused-ring (bicyclic) bond motifs is 3. The highest BCUT2D eigenvalue weighted by molar-refractivity contribution is 5.19. The Balaban J connectivity index is 2.09. The summed E-state index contributed by atoms with van der Waals surface area (Å²) >= 11 is 0. The first-order valence-electron chi connectivity index (χ1n) is 4.81. The summed E-state index contributed by atoms with van der Waals surface area (Å²) in [6.45, 7) is 4.60. The van der Waals surface area contributed by atoms with Gasteiger partial charge in [-0.25, -0.2) is 4.98 Å². The van der Waals surface area contributed by atoms with Gasteiger partial charge in [0, 0.05) is 25.2 Å². The van der Waals surface area contributed by atoms with Crippen molar-refractivity contribution < 1.29 is 4.74 Å². The van der Waals surface area contributed by atoms with Gasteiger partial charge in [-0.05, 0) is 0 Å². The molecule has 0 amide bonds. The van der Waals surface area contributed by atoms with E-state index in [0.717, 1.165) is 38.4 Å².